The highest BCUT2D eigenvalue weighted by Gasteiger charge is 2.78. The van der Waals surface area contributed by atoms with E-state index in [1.54, 1.807) is 0 Å². The molecule has 0 spiro atoms. The molecule has 1 heterocycles. The maximum Gasteiger partial charge on any atom is 0.459 e. The average molecular weight is 1220 g/mol. The van der Waals surface area contributed by atoms with Gasteiger partial charge in [-0.05, 0) is 16.7 Å². The van der Waals surface area contributed by atoms with Crippen molar-refractivity contribution in [3.05, 3.63) is 30.3 Å². The largest absolute Gasteiger partial charge is 0.459 e. The van der Waals surface area contributed by atoms with E-state index in [0.717, 1.165) is 0 Å². The zero-order valence-corrected chi connectivity index (χ0v) is 35.5. The molecule has 1 aliphatic rings. The van der Waals surface area contributed by atoms with E-state index in [-0.39, 0.29) is 12.1 Å². The molecule has 3 unspecified atom stereocenters. The Hall–Kier alpha value is -2.62. The van der Waals surface area contributed by atoms with Gasteiger partial charge in [-0.1, -0.05) is 22.8 Å². The molecule has 430 valence electrons. The molecule has 0 aromatic heterocycles. The molecule has 9 nitrogen and oxygen atoms in total. The molecule has 1 aromatic rings. The Kier molecular flexibility index (Phi) is 18.8. The van der Waals surface area contributed by atoms with Gasteiger partial charge in [0.05, 0.1) is 0 Å². The summed E-state index contributed by atoms with van der Waals surface area (Å²) in [7, 11) is -19.8. The quantitative estimate of drug-likeness (QED) is 0.0840. The van der Waals surface area contributed by atoms with E-state index >= 15 is 0 Å². The first-order valence-electron chi connectivity index (χ1n) is 16.7. The first kappa shape index (κ1) is 66.5. The minimum absolute atomic E-state index is 0.0820. The standard InChI is InChI=1S/C26H15F35N3O6P3/c27-12(28,17(37,38)22(47,48)49)6-65-63-71(67-8-14(31,32)19(41,42)24(53,54)55)62-73(70-11-4-2-1-3-5-11,69-10-16(35,36)21(45,46)26(59,60)61)64(66-7-13(29,30)18(39,40)23(50,51)52)72(63)68-9-15(33,34)20(43,44)25(56,57)58/h1-5H,6-10H2. The second-order valence-corrected chi connectivity index (χ2v) is 19.0. The molecule has 0 radical (unpaired) electrons. The van der Waals surface area contributed by atoms with E-state index in [0.29, 0.717) is 18.2 Å². The van der Waals surface area contributed by atoms with Crippen molar-refractivity contribution in [3.63, 3.8) is 0 Å². The SMILES string of the molecule is FC(F)(F)C(F)(F)C(F)(F)CON1P(OCC(F)(F)C(F)(F)C(F)(F)F)N=P(OCC(F)(F)C(F)(F)C(F)(F)F)(Oc2ccccc2)N(OCC(F)(F)C(F)(F)C(F)(F)F)P1OCC(F)(F)C(F)(F)C(F)(F)F. The van der Waals surface area contributed by atoms with Crippen LogP contribution in [0.4, 0.5) is 154 Å². The van der Waals surface area contributed by atoms with Gasteiger partial charge in [0.15, 0.2) is 0 Å². The maximum absolute atomic E-state index is 14.8. The van der Waals surface area contributed by atoms with Gasteiger partial charge in [0.25, 0.3) is 16.9 Å². The fourth-order valence-electron chi connectivity index (χ4n) is 3.77. The monoisotopic (exact) mass is 1220 g/mol. The summed E-state index contributed by atoms with van der Waals surface area (Å²) < 4.78 is 496. The Labute approximate surface area is 379 Å². The van der Waals surface area contributed by atoms with Gasteiger partial charge >= 0.3 is 97.8 Å². The van der Waals surface area contributed by atoms with Crippen LogP contribution in [0.3, 0.4) is 0 Å². The highest BCUT2D eigenvalue weighted by atomic mass is 31.3. The van der Waals surface area contributed by atoms with Crippen LogP contribution >= 0.6 is 24.6 Å². The number of hydrogen-bond donors (Lipinski definition) is 0. The van der Waals surface area contributed by atoms with Crippen molar-refractivity contribution >= 4 is 24.6 Å². The molecule has 0 saturated heterocycles. The number of rotatable bonds is 22. The van der Waals surface area contributed by atoms with Gasteiger partial charge in [0.2, 0.25) is 0 Å². The minimum atomic E-state index is -7.77. The Balaban J connectivity index is 3.43. The van der Waals surface area contributed by atoms with Crippen LogP contribution in [-0.2, 0) is 23.2 Å². The number of para-hydroxylation sites is 1. The van der Waals surface area contributed by atoms with Crippen molar-refractivity contribution in [2.45, 2.75) is 90.1 Å². The third kappa shape index (κ3) is 13.2. The normalized spacial score (nSPS) is 21.1. The van der Waals surface area contributed by atoms with Gasteiger partial charge in [0, 0.05) is 0 Å². The molecule has 0 N–H and O–H groups in total. The highest BCUT2D eigenvalue weighted by Crippen LogP contribution is 2.80. The molecule has 0 fully saturated rings. The van der Waals surface area contributed by atoms with Crippen LogP contribution in [0.1, 0.15) is 0 Å². The molecule has 47 heteroatoms. The summed E-state index contributed by atoms with van der Waals surface area (Å²) in [6, 6.07) is 1.67. The van der Waals surface area contributed by atoms with E-state index in [1.807, 2.05) is 0 Å². The van der Waals surface area contributed by atoms with Crippen molar-refractivity contribution in [2.75, 3.05) is 33.0 Å². The first-order chi connectivity index (χ1) is 31.9. The Bertz CT molecular complexity index is 2060. The molecular weight excluding hydrogens is 1210 g/mol. The highest BCUT2D eigenvalue weighted by molar-refractivity contribution is 7.78. The molecule has 2 rings (SSSR count). The molecule has 0 aliphatic carbocycles. The van der Waals surface area contributed by atoms with Gasteiger partial charge in [-0.25, -0.2) is 0 Å². The number of alkyl halides is 35. The van der Waals surface area contributed by atoms with Crippen molar-refractivity contribution < 1.29 is 181 Å². The number of halogens is 35. The molecule has 73 heavy (non-hydrogen) atoms. The van der Waals surface area contributed by atoms with E-state index < -0.39 is 163 Å². The molecule has 1 aromatic carbocycles. The van der Waals surface area contributed by atoms with Crippen molar-refractivity contribution in [1.82, 2.24) is 9.21 Å². The van der Waals surface area contributed by atoms with Crippen LogP contribution in [0.15, 0.2) is 34.8 Å². The Morgan fingerprint density at radius 2 is 0.685 bits per heavy atom. The molecule has 0 saturated carbocycles. The van der Waals surface area contributed by atoms with E-state index in [1.165, 1.54) is 0 Å². The fraction of sp³-hybridized carbons (Fsp3) is 0.769. The van der Waals surface area contributed by atoms with E-state index in [9.17, 15) is 154 Å². The number of nitrogens with zero attached hydrogens (tertiary/aromatic N) is 3. The van der Waals surface area contributed by atoms with Gasteiger partial charge in [-0.15, -0.1) is 0 Å². The zero-order chi connectivity index (χ0) is 57.9. The van der Waals surface area contributed by atoms with Crippen molar-refractivity contribution in [1.29, 1.82) is 0 Å². The summed E-state index contributed by atoms with van der Waals surface area (Å²) in [5, 5.41) is 0. The third-order valence-electron chi connectivity index (χ3n) is 7.75. The molecule has 0 bridgehead atoms. The van der Waals surface area contributed by atoms with E-state index in [4.69, 9.17) is 0 Å². The van der Waals surface area contributed by atoms with Gasteiger partial charge in [0.1, 0.15) is 38.8 Å². The lowest BCUT2D eigenvalue weighted by Crippen LogP contribution is -2.56. The van der Waals surface area contributed by atoms with Crippen LogP contribution in [-0.4, -0.2) is 132 Å². The van der Waals surface area contributed by atoms with Crippen molar-refractivity contribution in [2.24, 2.45) is 4.52 Å². The summed E-state index contributed by atoms with van der Waals surface area (Å²) in [6.07, 6.45) is -38.3. The lowest BCUT2D eigenvalue weighted by Gasteiger charge is -2.46. The minimum Gasteiger partial charge on any atom is -0.426 e. The molecule has 0 amide bonds. The first-order valence-corrected chi connectivity index (χ1v) is 20.6. The van der Waals surface area contributed by atoms with Crippen LogP contribution in [0.5, 0.6) is 5.75 Å². The predicted octanol–water partition coefficient (Wildman–Crippen LogP) is 15.2. The number of hydrogen-bond acceptors (Lipinski definition) is 9. The Morgan fingerprint density at radius 3 is 1.03 bits per heavy atom. The molecular formula is C26H15F35N3O6P3. The van der Waals surface area contributed by atoms with Crippen molar-refractivity contribution in [3.8, 4) is 5.75 Å². The fourth-order valence-corrected chi connectivity index (χ4v) is 11.6. The third-order valence-corrected chi connectivity index (χ3v) is 14.7. The Morgan fingerprint density at radius 1 is 0.384 bits per heavy atom. The van der Waals surface area contributed by atoms with Gasteiger partial charge in [-0.2, -0.15) is 158 Å². The van der Waals surface area contributed by atoms with E-state index in [2.05, 4.69) is 32.3 Å². The zero-order valence-electron chi connectivity index (χ0n) is 32.8. The maximum atomic E-state index is 14.8. The molecule has 3 atom stereocenters. The summed E-state index contributed by atoms with van der Waals surface area (Å²) in [5.41, 5.74) is 0. The van der Waals surface area contributed by atoms with Gasteiger partial charge < -0.3 is 13.6 Å². The van der Waals surface area contributed by atoms with Crippen LogP contribution in [0.25, 0.3) is 0 Å². The second kappa shape index (κ2) is 20.6. The average Bonchev–Trinajstić information content (AvgIpc) is 3.18. The summed E-state index contributed by atoms with van der Waals surface area (Å²) in [4.78, 5) is 7.17. The van der Waals surface area contributed by atoms with Crippen LogP contribution in [0.2, 0.25) is 0 Å². The van der Waals surface area contributed by atoms with Gasteiger partial charge in [-0.3, -0.25) is 14.2 Å². The lowest BCUT2D eigenvalue weighted by molar-refractivity contribution is -0.368. The smallest absolute Gasteiger partial charge is 0.426 e. The summed E-state index contributed by atoms with van der Waals surface area (Å²) in [6.45, 7) is -21.0. The number of benzene rings is 1. The molecule has 1 aliphatic heterocycles. The second-order valence-electron chi connectivity index (χ2n) is 13.2. The lowest BCUT2D eigenvalue weighted by atomic mass is 10.2. The van der Waals surface area contributed by atoms with Crippen LogP contribution in [0, 0.1) is 0 Å². The van der Waals surface area contributed by atoms with Crippen LogP contribution < -0.4 is 4.52 Å². The summed E-state index contributed by atoms with van der Waals surface area (Å²) >= 11 is 0. The topological polar surface area (TPSA) is 74.2 Å². The predicted molar refractivity (Wildman–Crippen MR) is 163 cm³/mol. The summed E-state index contributed by atoms with van der Waals surface area (Å²) in [5.74, 6) is -76.5.